The summed E-state index contributed by atoms with van der Waals surface area (Å²) in [5, 5.41) is 9.66. The molecule has 0 amide bonds. The normalized spacial score (nSPS) is 10.3. The number of halogens is 4. The van der Waals surface area contributed by atoms with Crippen LogP contribution >= 0.6 is 44.6 Å². The van der Waals surface area contributed by atoms with Gasteiger partial charge in [-0.2, -0.15) is 8.42 Å². The van der Waals surface area contributed by atoms with Crippen LogP contribution in [-0.2, 0) is 8.26 Å². The van der Waals surface area contributed by atoms with Gasteiger partial charge in [-0.25, -0.2) is 0 Å². The number of hydrogen-bond donors (Lipinski definition) is 1. The van der Waals surface area contributed by atoms with Gasteiger partial charge in [-0.3, -0.25) is 0 Å². The van der Waals surface area contributed by atoms with Gasteiger partial charge in [0.1, 0.15) is 5.75 Å². The molecule has 0 radical (unpaired) electrons. The fourth-order valence-electron chi connectivity index (χ4n) is 0.481. The van der Waals surface area contributed by atoms with Crippen LogP contribution in [0.25, 0.3) is 0 Å². The standard InChI is InChI=1S/C6H4Cl2O.Cl2O2S/c7-4-1-2-6(9)5(8)3-4;1-5(2,3)4/h1-3,9H;. The number of rotatable bonds is 0. The third-order valence-electron chi connectivity index (χ3n) is 0.910. The Morgan fingerprint density at radius 2 is 1.57 bits per heavy atom. The Bertz CT molecular complexity index is 396. The quantitative estimate of drug-likeness (QED) is 0.747. The molecule has 3 nitrogen and oxygen atoms in total. The average Bonchev–Trinajstić information content (AvgIpc) is 1.94. The molecule has 0 saturated heterocycles. The molecule has 0 aliphatic heterocycles. The van der Waals surface area contributed by atoms with Gasteiger partial charge >= 0.3 is 8.26 Å². The Labute approximate surface area is 100 Å². The van der Waals surface area contributed by atoms with E-state index in [9.17, 15) is 0 Å². The number of phenolic OH excluding ortho intramolecular Hbond substituents is 1. The minimum Gasteiger partial charge on any atom is -0.506 e. The van der Waals surface area contributed by atoms with Crippen molar-refractivity contribution >= 4 is 52.8 Å². The SMILES string of the molecule is O=S(=O)(Cl)Cl.Oc1ccc(Cl)cc1Cl. The summed E-state index contributed by atoms with van der Waals surface area (Å²) in [6.45, 7) is 0. The summed E-state index contributed by atoms with van der Waals surface area (Å²) >= 11 is 11.0. The van der Waals surface area contributed by atoms with E-state index in [2.05, 4.69) is 21.4 Å². The van der Waals surface area contributed by atoms with E-state index < -0.39 is 8.26 Å². The Morgan fingerprint density at radius 1 is 1.14 bits per heavy atom. The van der Waals surface area contributed by atoms with Crippen LogP contribution in [0.3, 0.4) is 0 Å². The predicted octanol–water partition coefficient (Wildman–Crippen LogP) is 3.41. The fraction of sp³-hybridized carbons (Fsp3) is 0. The molecule has 0 spiro atoms. The second kappa shape index (κ2) is 5.88. The van der Waals surface area contributed by atoms with Crippen LogP contribution in [0.1, 0.15) is 0 Å². The van der Waals surface area contributed by atoms with Crippen molar-refractivity contribution in [1.82, 2.24) is 0 Å². The Morgan fingerprint density at radius 3 is 1.86 bits per heavy atom. The van der Waals surface area contributed by atoms with Crippen molar-refractivity contribution in [2.45, 2.75) is 0 Å². The van der Waals surface area contributed by atoms with Crippen LogP contribution in [0, 0.1) is 0 Å². The maximum atomic E-state index is 9.16. The van der Waals surface area contributed by atoms with Gasteiger partial charge in [-0.05, 0) is 18.2 Å². The van der Waals surface area contributed by atoms with E-state index in [1.807, 2.05) is 0 Å². The van der Waals surface area contributed by atoms with Crippen molar-refractivity contribution < 1.29 is 13.5 Å². The zero-order valence-corrected chi connectivity index (χ0v) is 10.3. The fourth-order valence-corrected chi connectivity index (χ4v) is 0.890. The summed E-state index contributed by atoms with van der Waals surface area (Å²) in [6.07, 6.45) is 0. The van der Waals surface area contributed by atoms with E-state index in [1.54, 1.807) is 6.07 Å². The third kappa shape index (κ3) is 8.72. The molecule has 1 aromatic carbocycles. The molecule has 0 fully saturated rings. The van der Waals surface area contributed by atoms with E-state index in [4.69, 9.17) is 36.7 Å². The summed E-state index contributed by atoms with van der Waals surface area (Å²) in [6, 6.07) is 4.51. The molecule has 8 heteroatoms. The number of benzene rings is 1. The van der Waals surface area contributed by atoms with Gasteiger partial charge in [0.05, 0.1) is 5.02 Å². The third-order valence-corrected chi connectivity index (χ3v) is 1.45. The summed E-state index contributed by atoms with van der Waals surface area (Å²) in [7, 11) is 4.81. The predicted molar refractivity (Wildman–Crippen MR) is 58.8 cm³/mol. The molecule has 1 rings (SSSR count). The highest BCUT2D eigenvalue weighted by Crippen LogP contribution is 2.25. The highest BCUT2D eigenvalue weighted by Gasteiger charge is 1.95. The zero-order valence-electron chi connectivity index (χ0n) is 6.42. The molecule has 0 aromatic heterocycles. The van der Waals surface area contributed by atoms with Crippen molar-refractivity contribution in [2.75, 3.05) is 0 Å². The molecular weight excluding hydrogens is 294 g/mol. The smallest absolute Gasteiger partial charge is 0.317 e. The van der Waals surface area contributed by atoms with E-state index in [0.717, 1.165) is 0 Å². The molecule has 1 N–H and O–H groups in total. The highest BCUT2D eigenvalue weighted by molar-refractivity contribution is 8.31. The van der Waals surface area contributed by atoms with Gasteiger partial charge < -0.3 is 5.11 Å². The van der Waals surface area contributed by atoms with Crippen LogP contribution in [0.4, 0.5) is 0 Å². The number of hydrogen-bond acceptors (Lipinski definition) is 3. The maximum absolute atomic E-state index is 9.16. The van der Waals surface area contributed by atoms with E-state index in [-0.39, 0.29) is 10.8 Å². The van der Waals surface area contributed by atoms with E-state index >= 15 is 0 Å². The average molecular weight is 298 g/mol. The lowest BCUT2D eigenvalue weighted by Gasteiger charge is -1.93. The van der Waals surface area contributed by atoms with Gasteiger partial charge in [-0.15, -0.1) is 0 Å². The van der Waals surface area contributed by atoms with Crippen LogP contribution in [0.5, 0.6) is 5.75 Å². The first-order chi connectivity index (χ1) is 6.20. The van der Waals surface area contributed by atoms with Crippen LogP contribution in [0.15, 0.2) is 18.2 Å². The molecule has 0 aliphatic carbocycles. The first kappa shape index (κ1) is 14.1. The Hall–Kier alpha value is 0.130. The minimum atomic E-state index is -3.72. The maximum Gasteiger partial charge on any atom is 0.317 e. The number of phenols is 1. The summed E-state index contributed by atoms with van der Waals surface area (Å²) < 4.78 is 18.3. The van der Waals surface area contributed by atoms with Crippen LogP contribution < -0.4 is 0 Å². The molecular formula is C6H4Cl4O3S. The topological polar surface area (TPSA) is 54.4 Å². The van der Waals surface area contributed by atoms with Gasteiger partial charge in [-0.1, -0.05) is 23.2 Å². The van der Waals surface area contributed by atoms with Crippen LogP contribution in [0.2, 0.25) is 10.0 Å². The molecule has 0 saturated carbocycles. The lowest BCUT2D eigenvalue weighted by molar-refractivity contribution is 0.475. The Kier molecular flexibility index (Phi) is 5.93. The van der Waals surface area contributed by atoms with Crippen molar-refractivity contribution in [3.05, 3.63) is 28.2 Å². The summed E-state index contributed by atoms with van der Waals surface area (Å²) in [5.41, 5.74) is 0. The highest BCUT2D eigenvalue weighted by atomic mass is 36.0. The van der Waals surface area contributed by atoms with Gasteiger partial charge in [0.15, 0.2) is 0 Å². The van der Waals surface area contributed by atoms with Gasteiger partial charge in [0.2, 0.25) is 0 Å². The lowest BCUT2D eigenvalue weighted by atomic mass is 10.3. The first-order valence-electron chi connectivity index (χ1n) is 2.98. The lowest BCUT2D eigenvalue weighted by Crippen LogP contribution is -1.66. The van der Waals surface area contributed by atoms with E-state index in [0.29, 0.717) is 5.02 Å². The van der Waals surface area contributed by atoms with Crippen molar-refractivity contribution in [1.29, 1.82) is 0 Å². The molecule has 0 heterocycles. The van der Waals surface area contributed by atoms with Crippen molar-refractivity contribution in [2.24, 2.45) is 0 Å². The van der Waals surface area contributed by atoms with E-state index in [1.165, 1.54) is 12.1 Å². The molecule has 80 valence electrons. The molecule has 0 aliphatic rings. The monoisotopic (exact) mass is 296 g/mol. The molecule has 0 unspecified atom stereocenters. The van der Waals surface area contributed by atoms with Gasteiger partial charge in [0, 0.05) is 26.4 Å². The van der Waals surface area contributed by atoms with Crippen molar-refractivity contribution in [3.63, 3.8) is 0 Å². The second-order valence-electron chi connectivity index (χ2n) is 1.97. The van der Waals surface area contributed by atoms with Crippen molar-refractivity contribution in [3.8, 4) is 5.75 Å². The zero-order chi connectivity index (χ0) is 11.4. The Balaban J connectivity index is 0.000000292. The molecule has 0 bridgehead atoms. The van der Waals surface area contributed by atoms with Crippen LogP contribution in [-0.4, -0.2) is 13.5 Å². The number of aromatic hydroxyl groups is 1. The summed E-state index contributed by atoms with van der Waals surface area (Å²) in [5.74, 6) is 0.0565. The minimum absolute atomic E-state index is 0.0565. The molecule has 1 aromatic rings. The molecule has 0 atom stereocenters. The first-order valence-corrected chi connectivity index (χ1v) is 6.87. The summed E-state index contributed by atoms with van der Waals surface area (Å²) in [4.78, 5) is 0. The second-order valence-corrected chi connectivity index (χ2v) is 6.49. The largest absolute Gasteiger partial charge is 0.506 e. The molecule has 14 heavy (non-hydrogen) atoms. The van der Waals surface area contributed by atoms with Gasteiger partial charge in [0.25, 0.3) is 0 Å².